The minimum absolute atomic E-state index is 0.0984. The van der Waals surface area contributed by atoms with Gasteiger partial charge in [-0.25, -0.2) is 0 Å². The first kappa shape index (κ1) is 18.8. The highest BCUT2D eigenvalue weighted by atomic mass is 16.3. The lowest BCUT2D eigenvalue weighted by Gasteiger charge is -2.58. The van der Waals surface area contributed by atoms with Crippen molar-refractivity contribution in [1.29, 1.82) is 0 Å². The number of rotatable bonds is 1. The van der Waals surface area contributed by atoms with Crippen molar-refractivity contribution in [2.24, 2.45) is 28.6 Å². The Morgan fingerprint density at radius 3 is 2.61 bits per heavy atom. The van der Waals surface area contributed by atoms with E-state index in [1.165, 1.54) is 5.57 Å². The Morgan fingerprint density at radius 2 is 1.86 bits per heavy atom. The van der Waals surface area contributed by atoms with Crippen LogP contribution in [0.2, 0.25) is 0 Å². The number of allylic oxidation sites excluding steroid dienone is 3. The Kier molecular flexibility index (Phi) is 4.29. The molecule has 0 bridgehead atoms. The van der Waals surface area contributed by atoms with Crippen molar-refractivity contribution < 1.29 is 14.7 Å². The summed E-state index contributed by atoms with van der Waals surface area (Å²) < 4.78 is 0. The molecule has 5 aliphatic rings. The Labute approximate surface area is 168 Å². The Morgan fingerprint density at radius 1 is 1.11 bits per heavy atom. The van der Waals surface area contributed by atoms with E-state index in [2.05, 4.69) is 19.9 Å². The van der Waals surface area contributed by atoms with Crippen LogP contribution in [0.3, 0.4) is 0 Å². The molecule has 0 aliphatic heterocycles. The molecule has 28 heavy (non-hydrogen) atoms. The maximum absolute atomic E-state index is 13.4. The molecule has 5 rings (SSSR count). The lowest BCUT2D eigenvalue weighted by molar-refractivity contribution is -0.146. The lowest BCUT2D eigenvalue weighted by atomic mass is 9.46. The van der Waals surface area contributed by atoms with Gasteiger partial charge >= 0.3 is 0 Å². The van der Waals surface area contributed by atoms with E-state index >= 15 is 0 Å². The summed E-state index contributed by atoms with van der Waals surface area (Å²) in [5.74, 6) is 2.36. The topological polar surface area (TPSA) is 54.4 Å². The van der Waals surface area contributed by atoms with Crippen molar-refractivity contribution in [3.8, 4) is 0 Å². The zero-order valence-corrected chi connectivity index (χ0v) is 16.8. The second-order valence-electron chi connectivity index (χ2n) is 10.00. The summed E-state index contributed by atoms with van der Waals surface area (Å²) in [6.07, 6.45) is 16.2. The average Bonchev–Trinajstić information content (AvgIpc) is 3.24. The van der Waals surface area contributed by atoms with Crippen LogP contribution >= 0.6 is 0 Å². The van der Waals surface area contributed by atoms with E-state index in [4.69, 9.17) is 0 Å². The minimum Gasteiger partial charge on any atom is -0.393 e. The second kappa shape index (κ2) is 6.39. The fourth-order valence-corrected chi connectivity index (χ4v) is 7.18. The average molecular weight is 378 g/mol. The molecule has 1 N–H and O–H groups in total. The van der Waals surface area contributed by atoms with Crippen LogP contribution in [0.25, 0.3) is 0 Å². The van der Waals surface area contributed by atoms with E-state index in [9.17, 15) is 14.7 Å². The molecule has 5 aliphatic carbocycles. The van der Waals surface area contributed by atoms with E-state index in [-0.39, 0.29) is 22.9 Å². The number of Topliss-reactive ketones (excluding diaryl/α,β-unsaturated/α-hetero) is 1. The van der Waals surface area contributed by atoms with Crippen LogP contribution in [0.15, 0.2) is 23.3 Å². The summed E-state index contributed by atoms with van der Waals surface area (Å²) in [4.78, 5) is 25.4. The molecule has 0 aromatic carbocycles. The van der Waals surface area contributed by atoms with Crippen molar-refractivity contribution in [1.82, 2.24) is 0 Å². The van der Waals surface area contributed by atoms with E-state index in [1.807, 2.05) is 31.8 Å². The molecule has 147 valence electrons. The van der Waals surface area contributed by atoms with E-state index in [1.54, 1.807) is 0 Å². The molecule has 0 aromatic heterocycles. The van der Waals surface area contributed by atoms with Gasteiger partial charge in [-0.1, -0.05) is 25.5 Å². The molecule has 5 radical (unpaired) electrons. The summed E-state index contributed by atoms with van der Waals surface area (Å²) in [6.45, 7) is 4.34. The highest BCUT2D eigenvalue weighted by Crippen LogP contribution is 2.65. The molecule has 0 unspecified atom stereocenters. The number of aliphatic hydroxyl groups excluding tert-OH is 1. The predicted molar refractivity (Wildman–Crippen MR) is 107 cm³/mol. The van der Waals surface area contributed by atoms with Crippen LogP contribution in [0.4, 0.5) is 0 Å². The van der Waals surface area contributed by atoms with Crippen molar-refractivity contribution >= 4 is 11.6 Å². The van der Waals surface area contributed by atoms with Gasteiger partial charge in [0.15, 0.2) is 11.6 Å². The van der Waals surface area contributed by atoms with Crippen LogP contribution in [-0.4, -0.2) is 22.8 Å². The molecule has 3 nitrogen and oxygen atoms in total. The maximum Gasteiger partial charge on any atom is 0.164 e. The monoisotopic (exact) mass is 377 g/mol. The number of aliphatic hydroxyl groups is 1. The van der Waals surface area contributed by atoms with Gasteiger partial charge in [-0.15, -0.1) is 0 Å². The molecule has 0 amide bonds. The number of ketones is 2. The highest BCUT2D eigenvalue weighted by molar-refractivity contribution is 6.03. The molecule has 4 fully saturated rings. The first-order valence-electron chi connectivity index (χ1n) is 10.7. The number of carbonyl (C=O) groups is 2. The molecule has 6 atom stereocenters. The molecular formula is C25H29O3. The third-order valence-electron chi connectivity index (χ3n) is 8.57. The van der Waals surface area contributed by atoms with Gasteiger partial charge in [0.1, 0.15) is 0 Å². The number of fused-ring (bicyclic) bond motifs is 5. The summed E-state index contributed by atoms with van der Waals surface area (Å²) in [5, 5.41) is 11.3. The van der Waals surface area contributed by atoms with Crippen molar-refractivity contribution in [3.63, 3.8) is 0 Å². The van der Waals surface area contributed by atoms with Gasteiger partial charge in [0.25, 0.3) is 0 Å². The van der Waals surface area contributed by atoms with Crippen molar-refractivity contribution in [2.75, 3.05) is 0 Å². The summed E-state index contributed by atoms with van der Waals surface area (Å²) in [5.41, 5.74) is 1.61. The SMILES string of the molecule is C[C@]12CCC(=O)C=C1CC[C@@H]1[C@@H]2[C@@H](O)C[C@]2(C)C(=O)/C(=C/[C]3[CH][CH][CH][CH]3)C[C@@H]12. The molecular weight excluding hydrogens is 348 g/mol. The zero-order chi connectivity index (χ0) is 19.7. The normalized spacial score (nSPS) is 47.7. The van der Waals surface area contributed by atoms with Crippen molar-refractivity contribution in [2.45, 2.75) is 58.5 Å². The van der Waals surface area contributed by atoms with Crippen LogP contribution in [-0.2, 0) is 9.59 Å². The molecule has 0 heterocycles. The number of hydrogen-bond donors (Lipinski definition) is 1. The van der Waals surface area contributed by atoms with Gasteiger partial charge in [0.2, 0.25) is 0 Å². The fraction of sp³-hybridized carbons (Fsp3) is 0.560. The Balaban J connectivity index is 1.49. The largest absolute Gasteiger partial charge is 0.393 e. The van der Waals surface area contributed by atoms with E-state index < -0.39 is 11.5 Å². The van der Waals surface area contributed by atoms with Gasteiger partial charge < -0.3 is 5.11 Å². The molecule has 3 heteroatoms. The maximum atomic E-state index is 13.4. The van der Waals surface area contributed by atoms with Crippen LogP contribution in [0.1, 0.15) is 52.4 Å². The van der Waals surface area contributed by atoms with Crippen LogP contribution in [0, 0.1) is 60.2 Å². The Bertz CT molecular complexity index is 771. The molecule has 0 saturated heterocycles. The fourth-order valence-electron chi connectivity index (χ4n) is 7.18. The summed E-state index contributed by atoms with van der Waals surface area (Å²) >= 11 is 0. The van der Waals surface area contributed by atoms with E-state index in [0.29, 0.717) is 24.7 Å². The molecule has 0 spiro atoms. The number of hydrogen-bond acceptors (Lipinski definition) is 3. The standard InChI is InChI=1S/C25H29O3/c1-24-10-9-18(26)13-17(24)7-8-19-20-12-16(11-15-5-3-4-6-15)23(28)25(20,2)14-21(27)22(19)24/h3-6,11,13,19-22,27H,7-10,12,14H2,1-2H3/b16-11+/t19-,20-,21-,22+,24-,25-/m0/s1. The third-order valence-corrected chi connectivity index (χ3v) is 8.57. The smallest absolute Gasteiger partial charge is 0.164 e. The van der Waals surface area contributed by atoms with Crippen LogP contribution in [0.5, 0.6) is 0 Å². The first-order valence-corrected chi connectivity index (χ1v) is 10.7. The summed E-state index contributed by atoms with van der Waals surface area (Å²) in [7, 11) is 0. The number of carbonyl (C=O) groups excluding carboxylic acids is 2. The summed E-state index contributed by atoms with van der Waals surface area (Å²) in [6, 6.07) is 0. The van der Waals surface area contributed by atoms with Gasteiger partial charge in [0, 0.05) is 17.8 Å². The van der Waals surface area contributed by atoms with E-state index in [0.717, 1.165) is 37.2 Å². The molecule has 0 aromatic rings. The minimum atomic E-state index is -0.477. The molecule has 4 saturated carbocycles. The highest BCUT2D eigenvalue weighted by Gasteiger charge is 2.63. The van der Waals surface area contributed by atoms with Gasteiger partial charge in [-0.2, -0.15) is 0 Å². The first-order chi connectivity index (χ1) is 13.3. The van der Waals surface area contributed by atoms with Gasteiger partial charge in [-0.3, -0.25) is 9.59 Å². The second-order valence-corrected chi connectivity index (χ2v) is 10.00. The van der Waals surface area contributed by atoms with Crippen LogP contribution < -0.4 is 0 Å². The quantitative estimate of drug-likeness (QED) is 0.703. The Hall–Kier alpha value is -1.22. The lowest BCUT2D eigenvalue weighted by Crippen LogP contribution is -2.56. The zero-order valence-electron chi connectivity index (χ0n) is 16.8. The predicted octanol–water partition coefficient (Wildman–Crippen LogP) is 4.00. The third kappa shape index (κ3) is 2.57. The van der Waals surface area contributed by atoms with Crippen molar-refractivity contribution in [3.05, 3.63) is 54.9 Å². The van der Waals surface area contributed by atoms with Gasteiger partial charge in [0.05, 0.1) is 6.10 Å². The van der Waals surface area contributed by atoms with Gasteiger partial charge in [-0.05, 0) is 92.6 Å².